The summed E-state index contributed by atoms with van der Waals surface area (Å²) in [5.74, 6) is 0.171. The van der Waals surface area contributed by atoms with Crippen LogP contribution in [0, 0.1) is 0 Å². The topological polar surface area (TPSA) is 77.0 Å². The van der Waals surface area contributed by atoms with Crippen LogP contribution in [0.5, 0.6) is 11.5 Å². The fourth-order valence-corrected chi connectivity index (χ4v) is 2.79. The Balaban J connectivity index is 1.44. The fourth-order valence-electron chi connectivity index (χ4n) is 2.06. The van der Waals surface area contributed by atoms with Crippen LogP contribution in [0.25, 0.3) is 0 Å². The van der Waals surface area contributed by atoms with Crippen LogP contribution in [0.3, 0.4) is 0 Å². The Morgan fingerprint density at radius 3 is 2.43 bits per heavy atom. The molecule has 3 aromatic rings. The monoisotopic (exact) mass is 414 g/mol. The Morgan fingerprint density at radius 2 is 1.75 bits per heavy atom. The van der Waals surface area contributed by atoms with Gasteiger partial charge in [-0.05, 0) is 65.5 Å². The van der Waals surface area contributed by atoms with Crippen molar-refractivity contribution in [1.29, 1.82) is 0 Å². The van der Waals surface area contributed by atoms with Crippen molar-refractivity contribution in [3.63, 3.8) is 0 Å². The first-order valence-corrected chi connectivity index (χ1v) is 9.42. The van der Waals surface area contributed by atoms with Crippen molar-refractivity contribution in [2.75, 3.05) is 6.61 Å². The first kappa shape index (κ1) is 19.6. The van der Waals surface area contributed by atoms with Crippen LogP contribution in [-0.4, -0.2) is 24.7 Å². The van der Waals surface area contributed by atoms with E-state index in [4.69, 9.17) is 21.1 Å². The number of nitrogens with one attached hydrogen (secondary N) is 1. The molecule has 0 unspecified atom stereocenters. The van der Waals surface area contributed by atoms with Crippen molar-refractivity contribution in [1.82, 2.24) is 5.43 Å². The van der Waals surface area contributed by atoms with E-state index in [2.05, 4.69) is 10.5 Å². The van der Waals surface area contributed by atoms with Crippen molar-refractivity contribution in [2.45, 2.75) is 0 Å². The number of benzene rings is 2. The zero-order chi connectivity index (χ0) is 19.8. The maximum atomic E-state index is 11.9. The van der Waals surface area contributed by atoms with Gasteiger partial charge in [-0.1, -0.05) is 17.7 Å². The van der Waals surface area contributed by atoms with Gasteiger partial charge in [0.15, 0.2) is 6.61 Å². The van der Waals surface area contributed by atoms with Gasteiger partial charge in [0, 0.05) is 5.02 Å². The molecule has 0 saturated carbocycles. The Morgan fingerprint density at radius 1 is 1.04 bits per heavy atom. The van der Waals surface area contributed by atoms with Crippen molar-refractivity contribution in [3.8, 4) is 11.5 Å². The molecule has 0 radical (unpaired) electrons. The summed E-state index contributed by atoms with van der Waals surface area (Å²) in [5.41, 5.74) is 3.10. The summed E-state index contributed by atoms with van der Waals surface area (Å²) < 4.78 is 10.6. The second-order valence-corrected chi connectivity index (χ2v) is 6.86. The van der Waals surface area contributed by atoms with Gasteiger partial charge in [0.05, 0.1) is 6.21 Å². The molecule has 0 atom stereocenters. The third-order valence-electron chi connectivity index (χ3n) is 3.40. The molecule has 1 amide bonds. The normalized spacial score (nSPS) is 10.6. The maximum Gasteiger partial charge on any atom is 0.353 e. The molecule has 0 aliphatic carbocycles. The van der Waals surface area contributed by atoms with Gasteiger partial charge in [-0.3, -0.25) is 4.79 Å². The van der Waals surface area contributed by atoms with Gasteiger partial charge >= 0.3 is 5.97 Å². The highest BCUT2D eigenvalue weighted by Crippen LogP contribution is 2.16. The van der Waals surface area contributed by atoms with E-state index in [0.29, 0.717) is 21.4 Å². The lowest BCUT2D eigenvalue weighted by atomic mass is 10.2. The number of rotatable bonds is 7. The predicted octanol–water partition coefficient (Wildman–Crippen LogP) is 4.15. The van der Waals surface area contributed by atoms with Crippen LogP contribution < -0.4 is 14.9 Å². The number of amides is 1. The Hall–Kier alpha value is -3.16. The molecular weight excluding hydrogens is 400 g/mol. The molecule has 0 aliphatic heterocycles. The number of carbonyl (C=O) groups excluding carboxylic acids is 2. The van der Waals surface area contributed by atoms with Crippen molar-refractivity contribution < 1.29 is 19.1 Å². The molecule has 0 saturated heterocycles. The molecule has 3 rings (SSSR count). The van der Waals surface area contributed by atoms with Crippen molar-refractivity contribution in [2.24, 2.45) is 5.10 Å². The summed E-state index contributed by atoms with van der Waals surface area (Å²) >= 11 is 7.10. The van der Waals surface area contributed by atoms with E-state index in [-0.39, 0.29) is 6.61 Å². The first-order valence-electron chi connectivity index (χ1n) is 8.16. The summed E-state index contributed by atoms with van der Waals surface area (Å²) in [4.78, 5) is 24.1. The quantitative estimate of drug-likeness (QED) is 0.273. The number of hydrogen-bond donors (Lipinski definition) is 1. The lowest BCUT2D eigenvalue weighted by molar-refractivity contribution is -0.123. The smallest absolute Gasteiger partial charge is 0.353 e. The minimum absolute atomic E-state index is 0.170. The van der Waals surface area contributed by atoms with Crippen LogP contribution in [-0.2, 0) is 4.79 Å². The Bertz CT molecular complexity index is 955. The Labute approximate surface area is 170 Å². The molecule has 6 nitrogen and oxygen atoms in total. The second kappa shape index (κ2) is 9.68. The van der Waals surface area contributed by atoms with Gasteiger partial charge < -0.3 is 9.47 Å². The minimum Gasteiger partial charge on any atom is -0.484 e. The van der Waals surface area contributed by atoms with Gasteiger partial charge in [0.1, 0.15) is 16.4 Å². The van der Waals surface area contributed by atoms with E-state index in [0.717, 1.165) is 5.56 Å². The minimum atomic E-state index is -0.399. The van der Waals surface area contributed by atoms with E-state index >= 15 is 0 Å². The summed E-state index contributed by atoms with van der Waals surface area (Å²) in [7, 11) is 0. The Kier molecular flexibility index (Phi) is 6.78. The van der Waals surface area contributed by atoms with Gasteiger partial charge in [-0.15, -0.1) is 11.3 Å². The van der Waals surface area contributed by atoms with E-state index in [1.807, 2.05) is 5.38 Å². The summed E-state index contributed by atoms with van der Waals surface area (Å²) in [6, 6.07) is 16.9. The molecule has 8 heteroatoms. The predicted molar refractivity (Wildman–Crippen MR) is 108 cm³/mol. The maximum absolute atomic E-state index is 11.9. The fraction of sp³-hybridized carbons (Fsp3) is 0.0500. The third-order valence-corrected chi connectivity index (χ3v) is 4.50. The van der Waals surface area contributed by atoms with Crippen LogP contribution in [0.15, 0.2) is 71.1 Å². The molecule has 0 bridgehead atoms. The van der Waals surface area contributed by atoms with Gasteiger partial charge in [-0.25, -0.2) is 10.2 Å². The lowest BCUT2D eigenvalue weighted by Gasteiger charge is -2.05. The number of esters is 1. The largest absolute Gasteiger partial charge is 0.484 e. The highest BCUT2D eigenvalue weighted by atomic mass is 35.5. The molecule has 1 heterocycles. The summed E-state index contributed by atoms with van der Waals surface area (Å²) in [6.45, 7) is -0.170. The summed E-state index contributed by atoms with van der Waals surface area (Å²) in [6.07, 6.45) is 1.48. The molecule has 0 aliphatic rings. The van der Waals surface area contributed by atoms with Crippen molar-refractivity contribution in [3.05, 3.63) is 81.5 Å². The van der Waals surface area contributed by atoms with Crippen LogP contribution in [0.4, 0.5) is 0 Å². The van der Waals surface area contributed by atoms with E-state index < -0.39 is 11.9 Å². The van der Waals surface area contributed by atoms with Crippen LogP contribution >= 0.6 is 22.9 Å². The molecular formula is C20H15ClN2O4S. The average molecular weight is 415 g/mol. The van der Waals surface area contributed by atoms with E-state index in [1.54, 1.807) is 60.7 Å². The van der Waals surface area contributed by atoms with Gasteiger partial charge in [0.2, 0.25) is 0 Å². The SMILES string of the molecule is O=C(COc1ccc(Cl)cc1)N/N=C\c1ccc(OC(=O)c2cccs2)cc1. The number of hydrogen-bond acceptors (Lipinski definition) is 6. The molecule has 0 spiro atoms. The van der Waals surface area contributed by atoms with Gasteiger partial charge in [-0.2, -0.15) is 5.10 Å². The zero-order valence-corrected chi connectivity index (χ0v) is 16.1. The lowest BCUT2D eigenvalue weighted by Crippen LogP contribution is -2.24. The number of ether oxygens (including phenoxy) is 2. The van der Waals surface area contributed by atoms with E-state index in [9.17, 15) is 9.59 Å². The number of carbonyl (C=O) groups is 2. The average Bonchev–Trinajstić information content (AvgIpc) is 3.24. The standard InChI is InChI=1S/C20H15ClN2O4S/c21-15-5-9-16(10-6-15)26-13-19(24)23-22-12-14-3-7-17(8-4-14)27-20(25)18-2-1-11-28-18/h1-12H,13H2,(H,23,24)/b22-12-. The highest BCUT2D eigenvalue weighted by Gasteiger charge is 2.09. The third kappa shape index (κ3) is 5.94. The molecule has 1 aromatic heterocycles. The summed E-state index contributed by atoms with van der Waals surface area (Å²) in [5, 5.41) is 6.27. The molecule has 28 heavy (non-hydrogen) atoms. The number of nitrogens with zero attached hydrogens (tertiary/aromatic N) is 1. The first-order chi connectivity index (χ1) is 13.6. The van der Waals surface area contributed by atoms with Crippen LogP contribution in [0.1, 0.15) is 15.2 Å². The molecule has 1 N–H and O–H groups in total. The highest BCUT2D eigenvalue weighted by molar-refractivity contribution is 7.12. The second-order valence-electron chi connectivity index (χ2n) is 5.47. The zero-order valence-electron chi connectivity index (χ0n) is 14.5. The van der Waals surface area contributed by atoms with E-state index in [1.165, 1.54) is 17.6 Å². The van der Waals surface area contributed by atoms with Gasteiger partial charge in [0.25, 0.3) is 5.91 Å². The molecule has 0 fully saturated rings. The number of thiophene rings is 1. The van der Waals surface area contributed by atoms with Crippen molar-refractivity contribution >= 4 is 41.0 Å². The number of hydrazone groups is 1. The molecule has 2 aromatic carbocycles. The number of halogens is 1. The van der Waals surface area contributed by atoms with Crippen LogP contribution in [0.2, 0.25) is 5.02 Å². The molecule has 142 valence electrons.